The van der Waals surface area contributed by atoms with Crippen LogP contribution in [0.15, 0.2) is 59.1 Å². The SMILES string of the molecule is O=C(O)C1C(C(=O)Nc2ccccc2)C1c1ccc(Br)cc1. The second-order valence-corrected chi connectivity index (χ2v) is 6.24. The minimum Gasteiger partial charge on any atom is -0.481 e. The van der Waals surface area contributed by atoms with Crippen LogP contribution in [0.2, 0.25) is 0 Å². The van der Waals surface area contributed by atoms with E-state index in [4.69, 9.17) is 0 Å². The first-order chi connectivity index (χ1) is 10.6. The molecule has 2 aromatic carbocycles. The van der Waals surface area contributed by atoms with Gasteiger partial charge in [-0.05, 0) is 29.8 Å². The van der Waals surface area contributed by atoms with Gasteiger partial charge >= 0.3 is 5.97 Å². The highest BCUT2D eigenvalue weighted by molar-refractivity contribution is 9.10. The molecule has 1 aliphatic carbocycles. The molecule has 0 aliphatic heterocycles. The molecule has 1 fully saturated rings. The molecule has 1 saturated carbocycles. The van der Waals surface area contributed by atoms with Crippen LogP contribution < -0.4 is 5.32 Å². The number of carbonyl (C=O) groups excluding carboxylic acids is 1. The normalized spacial score (nSPS) is 22.9. The number of nitrogens with one attached hydrogen (secondary N) is 1. The van der Waals surface area contributed by atoms with Crippen LogP contribution >= 0.6 is 15.9 Å². The summed E-state index contributed by atoms with van der Waals surface area (Å²) in [5.74, 6) is -2.63. The van der Waals surface area contributed by atoms with Crippen molar-refractivity contribution < 1.29 is 14.7 Å². The van der Waals surface area contributed by atoms with Gasteiger partial charge in [-0.3, -0.25) is 9.59 Å². The van der Waals surface area contributed by atoms with Crippen LogP contribution in [0.3, 0.4) is 0 Å². The molecular weight excluding hydrogens is 346 g/mol. The van der Waals surface area contributed by atoms with Gasteiger partial charge in [0.2, 0.25) is 5.91 Å². The Morgan fingerprint density at radius 3 is 2.18 bits per heavy atom. The maximum absolute atomic E-state index is 12.4. The van der Waals surface area contributed by atoms with Crippen molar-refractivity contribution in [2.45, 2.75) is 5.92 Å². The van der Waals surface area contributed by atoms with Gasteiger partial charge in [0.1, 0.15) is 0 Å². The first-order valence-electron chi connectivity index (χ1n) is 6.92. The number of benzene rings is 2. The van der Waals surface area contributed by atoms with E-state index in [-0.39, 0.29) is 11.8 Å². The largest absolute Gasteiger partial charge is 0.481 e. The van der Waals surface area contributed by atoms with Crippen molar-refractivity contribution in [1.29, 1.82) is 0 Å². The monoisotopic (exact) mass is 359 g/mol. The third-order valence-electron chi connectivity index (χ3n) is 3.90. The van der Waals surface area contributed by atoms with E-state index in [1.165, 1.54) is 0 Å². The molecule has 2 aromatic rings. The molecule has 0 radical (unpaired) electrons. The maximum Gasteiger partial charge on any atom is 0.307 e. The van der Waals surface area contributed by atoms with Crippen LogP contribution in [-0.2, 0) is 9.59 Å². The summed E-state index contributed by atoms with van der Waals surface area (Å²) >= 11 is 3.35. The first kappa shape index (κ1) is 14.8. The second kappa shape index (κ2) is 5.93. The molecule has 0 saturated heterocycles. The molecule has 1 aliphatic rings. The van der Waals surface area contributed by atoms with Gasteiger partial charge in [-0.2, -0.15) is 0 Å². The Bertz CT molecular complexity index is 700. The number of carboxylic acid groups (broad SMARTS) is 1. The molecule has 0 spiro atoms. The fraction of sp³-hybridized carbons (Fsp3) is 0.176. The zero-order valence-corrected chi connectivity index (χ0v) is 13.2. The molecule has 1 amide bonds. The maximum atomic E-state index is 12.4. The van der Waals surface area contributed by atoms with E-state index in [2.05, 4.69) is 21.2 Å². The van der Waals surface area contributed by atoms with Crippen molar-refractivity contribution in [2.24, 2.45) is 11.8 Å². The average Bonchev–Trinajstić information content (AvgIpc) is 3.25. The number of hydrogen-bond donors (Lipinski definition) is 2. The molecule has 3 unspecified atom stereocenters. The number of hydrogen-bond acceptors (Lipinski definition) is 2. The van der Waals surface area contributed by atoms with Crippen molar-refractivity contribution in [1.82, 2.24) is 0 Å². The lowest BCUT2D eigenvalue weighted by molar-refractivity contribution is -0.139. The Balaban J connectivity index is 1.78. The summed E-state index contributed by atoms with van der Waals surface area (Å²) in [7, 11) is 0. The van der Waals surface area contributed by atoms with Gasteiger partial charge in [0.15, 0.2) is 0 Å². The number of para-hydroxylation sites is 1. The van der Waals surface area contributed by atoms with Crippen LogP contribution in [-0.4, -0.2) is 17.0 Å². The van der Waals surface area contributed by atoms with E-state index in [0.29, 0.717) is 5.69 Å². The number of aliphatic carboxylic acids is 1. The molecule has 112 valence electrons. The molecule has 3 atom stereocenters. The molecule has 22 heavy (non-hydrogen) atoms. The average molecular weight is 360 g/mol. The zero-order chi connectivity index (χ0) is 15.7. The summed E-state index contributed by atoms with van der Waals surface area (Å²) in [6.45, 7) is 0. The molecule has 0 bridgehead atoms. The zero-order valence-electron chi connectivity index (χ0n) is 11.6. The van der Waals surface area contributed by atoms with E-state index in [9.17, 15) is 14.7 Å². The highest BCUT2D eigenvalue weighted by atomic mass is 79.9. The van der Waals surface area contributed by atoms with Gasteiger partial charge < -0.3 is 10.4 Å². The summed E-state index contributed by atoms with van der Waals surface area (Å²) in [5.41, 5.74) is 1.56. The smallest absolute Gasteiger partial charge is 0.307 e. The lowest BCUT2D eigenvalue weighted by Crippen LogP contribution is -2.16. The van der Waals surface area contributed by atoms with E-state index >= 15 is 0 Å². The Hall–Kier alpha value is -2.14. The molecular formula is C17H14BrNO3. The fourth-order valence-corrected chi connectivity index (χ4v) is 3.06. The van der Waals surface area contributed by atoms with Gasteiger partial charge in [-0.15, -0.1) is 0 Å². The highest BCUT2D eigenvalue weighted by Gasteiger charge is 2.59. The summed E-state index contributed by atoms with van der Waals surface area (Å²) in [4.78, 5) is 23.7. The molecule has 2 N–H and O–H groups in total. The Kier molecular flexibility index (Phi) is 3.98. The van der Waals surface area contributed by atoms with E-state index < -0.39 is 17.8 Å². The number of halogens is 1. The van der Waals surface area contributed by atoms with Crippen LogP contribution in [0.25, 0.3) is 0 Å². The molecule has 0 heterocycles. The third kappa shape index (κ3) is 2.90. The van der Waals surface area contributed by atoms with Crippen molar-refractivity contribution in [3.05, 3.63) is 64.6 Å². The number of carboxylic acids is 1. The highest BCUT2D eigenvalue weighted by Crippen LogP contribution is 2.54. The number of anilines is 1. The Labute approximate surface area is 136 Å². The predicted molar refractivity (Wildman–Crippen MR) is 86.6 cm³/mol. The molecule has 5 heteroatoms. The van der Waals surface area contributed by atoms with Crippen LogP contribution in [0, 0.1) is 11.8 Å². The summed E-state index contributed by atoms with van der Waals surface area (Å²) in [5, 5.41) is 12.1. The van der Waals surface area contributed by atoms with Crippen LogP contribution in [0.4, 0.5) is 5.69 Å². The minimum absolute atomic E-state index is 0.244. The molecule has 3 rings (SSSR count). The van der Waals surface area contributed by atoms with Gasteiger partial charge in [0.25, 0.3) is 0 Å². The lowest BCUT2D eigenvalue weighted by Gasteiger charge is -2.04. The molecule has 0 aromatic heterocycles. The number of rotatable bonds is 4. The third-order valence-corrected chi connectivity index (χ3v) is 4.43. The van der Waals surface area contributed by atoms with E-state index in [1.807, 2.05) is 42.5 Å². The summed E-state index contributed by atoms with van der Waals surface area (Å²) in [6.07, 6.45) is 0. The van der Waals surface area contributed by atoms with E-state index in [1.54, 1.807) is 12.1 Å². The number of carbonyl (C=O) groups is 2. The Morgan fingerprint density at radius 1 is 0.955 bits per heavy atom. The Morgan fingerprint density at radius 2 is 1.59 bits per heavy atom. The standard InChI is InChI=1S/C17H14BrNO3/c18-11-8-6-10(7-9-11)13-14(15(13)17(21)22)16(20)19-12-4-2-1-3-5-12/h1-9,13-15H,(H,19,20)(H,21,22). The molecule has 4 nitrogen and oxygen atoms in total. The quantitative estimate of drug-likeness (QED) is 0.877. The van der Waals surface area contributed by atoms with Crippen molar-refractivity contribution in [2.75, 3.05) is 5.32 Å². The number of amides is 1. The van der Waals surface area contributed by atoms with Gasteiger partial charge in [-0.1, -0.05) is 46.3 Å². The first-order valence-corrected chi connectivity index (χ1v) is 7.71. The van der Waals surface area contributed by atoms with Crippen molar-refractivity contribution in [3.8, 4) is 0 Å². The predicted octanol–water partition coefficient (Wildman–Crippen LogP) is 3.50. The van der Waals surface area contributed by atoms with E-state index in [0.717, 1.165) is 10.0 Å². The minimum atomic E-state index is -0.930. The van der Waals surface area contributed by atoms with Crippen molar-refractivity contribution >= 4 is 33.5 Å². The van der Waals surface area contributed by atoms with Gasteiger partial charge in [0.05, 0.1) is 11.8 Å². The fourth-order valence-electron chi connectivity index (χ4n) is 2.79. The van der Waals surface area contributed by atoms with Gasteiger partial charge in [-0.25, -0.2) is 0 Å². The van der Waals surface area contributed by atoms with Crippen LogP contribution in [0.5, 0.6) is 0 Å². The summed E-state index contributed by atoms with van der Waals surface area (Å²) in [6, 6.07) is 16.5. The second-order valence-electron chi connectivity index (χ2n) is 5.32. The summed E-state index contributed by atoms with van der Waals surface area (Å²) < 4.78 is 0.925. The van der Waals surface area contributed by atoms with Crippen molar-refractivity contribution in [3.63, 3.8) is 0 Å². The van der Waals surface area contributed by atoms with Crippen LogP contribution in [0.1, 0.15) is 11.5 Å². The van der Waals surface area contributed by atoms with Gasteiger partial charge in [0, 0.05) is 16.1 Å². The lowest BCUT2D eigenvalue weighted by atomic mass is 10.1. The topological polar surface area (TPSA) is 66.4 Å².